The Morgan fingerprint density at radius 3 is 2.40 bits per heavy atom. The number of hydrogen-bond acceptors (Lipinski definition) is 3. The second-order valence-electron chi connectivity index (χ2n) is 3.99. The highest BCUT2D eigenvalue weighted by Crippen LogP contribution is 2.10. The summed E-state index contributed by atoms with van der Waals surface area (Å²) in [6.45, 7) is 3.00. The highest BCUT2D eigenvalue weighted by Gasteiger charge is 2.29. The topological polar surface area (TPSA) is 75.3 Å². The van der Waals surface area contributed by atoms with Crippen LogP contribution >= 0.6 is 0 Å². The van der Waals surface area contributed by atoms with Crippen LogP contribution in [0.15, 0.2) is 30.3 Å². The molecule has 4 nitrogen and oxygen atoms in total. The van der Waals surface area contributed by atoms with E-state index in [1.165, 1.54) is 13.8 Å². The largest absolute Gasteiger partial charge is 0.388 e. The lowest BCUT2D eigenvalue weighted by Gasteiger charge is -2.24. The highest BCUT2D eigenvalue weighted by atomic mass is 16.3. The Morgan fingerprint density at radius 1 is 1.40 bits per heavy atom. The Balaban J connectivity index is 2.65. The molecule has 0 aliphatic carbocycles. The van der Waals surface area contributed by atoms with Gasteiger partial charge in [0.05, 0.1) is 5.60 Å². The Kier molecular flexibility index (Phi) is 3.44. The number of benzene rings is 1. The number of nitrogens with one attached hydrogen (secondary N) is 1. The molecule has 0 aromatic heterocycles. The van der Waals surface area contributed by atoms with E-state index in [4.69, 9.17) is 5.73 Å². The third-order valence-corrected chi connectivity index (χ3v) is 2.08. The van der Waals surface area contributed by atoms with Crippen molar-refractivity contribution < 1.29 is 9.90 Å². The smallest absolute Gasteiger partial charge is 0.244 e. The van der Waals surface area contributed by atoms with Crippen LogP contribution in [0.1, 0.15) is 13.8 Å². The van der Waals surface area contributed by atoms with Crippen molar-refractivity contribution in [2.45, 2.75) is 25.5 Å². The first kappa shape index (κ1) is 11.7. The van der Waals surface area contributed by atoms with Gasteiger partial charge in [-0.05, 0) is 26.0 Å². The first-order valence-corrected chi connectivity index (χ1v) is 4.75. The molecule has 0 bridgehead atoms. The third kappa shape index (κ3) is 3.34. The van der Waals surface area contributed by atoms with Crippen molar-refractivity contribution in [3.8, 4) is 0 Å². The van der Waals surface area contributed by atoms with Crippen LogP contribution in [0, 0.1) is 0 Å². The predicted octanol–water partition coefficient (Wildman–Crippen LogP) is 0.723. The molecule has 1 amide bonds. The van der Waals surface area contributed by atoms with Gasteiger partial charge in [-0.1, -0.05) is 18.2 Å². The van der Waals surface area contributed by atoms with Crippen LogP contribution in [-0.4, -0.2) is 22.7 Å². The Bertz CT molecular complexity index is 330. The molecule has 0 heterocycles. The molecule has 1 atom stereocenters. The van der Waals surface area contributed by atoms with E-state index >= 15 is 0 Å². The zero-order chi connectivity index (χ0) is 11.5. The van der Waals surface area contributed by atoms with Crippen LogP contribution < -0.4 is 11.1 Å². The summed E-state index contributed by atoms with van der Waals surface area (Å²) in [5, 5.41) is 12.2. The lowest BCUT2D eigenvalue weighted by Crippen LogP contribution is -2.51. The summed E-state index contributed by atoms with van der Waals surface area (Å²) < 4.78 is 0. The predicted molar refractivity (Wildman–Crippen MR) is 59.3 cm³/mol. The maximum atomic E-state index is 11.6. The van der Waals surface area contributed by atoms with Crippen molar-refractivity contribution in [2.24, 2.45) is 5.73 Å². The maximum Gasteiger partial charge on any atom is 0.244 e. The van der Waals surface area contributed by atoms with E-state index in [0.29, 0.717) is 5.69 Å². The molecular formula is C11H16N2O2. The van der Waals surface area contributed by atoms with Crippen LogP contribution in [0.5, 0.6) is 0 Å². The minimum absolute atomic E-state index is 0.395. The monoisotopic (exact) mass is 208 g/mol. The molecule has 4 N–H and O–H groups in total. The molecule has 4 heteroatoms. The van der Waals surface area contributed by atoms with Gasteiger partial charge in [0.25, 0.3) is 0 Å². The summed E-state index contributed by atoms with van der Waals surface area (Å²) in [4.78, 5) is 11.6. The van der Waals surface area contributed by atoms with Crippen molar-refractivity contribution in [3.63, 3.8) is 0 Å². The summed E-state index contributed by atoms with van der Waals surface area (Å²) >= 11 is 0. The normalized spacial score (nSPS) is 13.3. The van der Waals surface area contributed by atoms with Gasteiger partial charge >= 0.3 is 0 Å². The van der Waals surface area contributed by atoms with Crippen molar-refractivity contribution in [2.75, 3.05) is 5.32 Å². The molecule has 0 aliphatic rings. The van der Waals surface area contributed by atoms with E-state index in [1.54, 1.807) is 12.1 Å². The Labute approximate surface area is 89.1 Å². The zero-order valence-corrected chi connectivity index (χ0v) is 8.90. The number of hydrogen-bond donors (Lipinski definition) is 3. The van der Waals surface area contributed by atoms with Crippen LogP contribution in [-0.2, 0) is 4.79 Å². The maximum absolute atomic E-state index is 11.6. The minimum Gasteiger partial charge on any atom is -0.388 e. The number of carbonyl (C=O) groups excluding carboxylic acids is 1. The van der Waals surface area contributed by atoms with Gasteiger partial charge in [-0.2, -0.15) is 0 Å². The van der Waals surface area contributed by atoms with Gasteiger partial charge in [0.1, 0.15) is 6.04 Å². The van der Waals surface area contributed by atoms with Crippen molar-refractivity contribution >= 4 is 11.6 Å². The highest BCUT2D eigenvalue weighted by molar-refractivity contribution is 5.95. The van der Waals surface area contributed by atoms with E-state index < -0.39 is 17.6 Å². The van der Waals surface area contributed by atoms with Crippen LogP contribution in [0.3, 0.4) is 0 Å². The van der Waals surface area contributed by atoms with Crippen LogP contribution in [0.4, 0.5) is 5.69 Å². The number of para-hydroxylation sites is 1. The molecule has 1 rings (SSSR count). The average molecular weight is 208 g/mol. The fourth-order valence-electron chi connectivity index (χ4n) is 1.06. The van der Waals surface area contributed by atoms with Gasteiger partial charge in [-0.15, -0.1) is 0 Å². The average Bonchev–Trinajstić information content (AvgIpc) is 2.16. The van der Waals surface area contributed by atoms with Gasteiger partial charge < -0.3 is 16.2 Å². The Morgan fingerprint density at radius 2 is 1.93 bits per heavy atom. The number of anilines is 1. The van der Waals surface area contributed by atoms with Gasteiger partial charge in [-0.25, -0.2) is 0 Å². The van der Waals surface area contributed by atoms with Crippen molar-refractivity contribution in [1.29, 1.82) is 0 Å². The summed E-state index contributed by atoms with van der Waals surface area (Å²) in [6.07, 6.45) is 0. The van der Waals surface area contributed by atoms with Crippen molar-refractivity contribution in [1.82, 2.24) is 0 Å². The fraction of sp³-hybridized carbons (Fsp3) is 0.364. The lowest BCUT2D eigenvalue weighted by atomic mass is 9.99. The number of aliphatic hydroxyl groups is 1. The molecule has 1 aromatic rings. The number of carbonyl (C=O) groups is 1. The SMILES string of the molecule is CC(C)(O)C(N)C(=O)Nc1ccccc1. The standard InChI is InChI=1S/C11H16N2O2/c1-11(2,15)9(12)10(14)13-8-6-4-3-5-7-8/h3-7,9,15H,12H2,1-2H3,(H,13,14). The van der Waals surface area contributed by atoms with Gasteiger partial charge in [0.15, 0.2) is 0 Å². The van der Waals surface area contributed by atoms with E-state index in [2.05, 4.69) is 5.32 Å². The fourth-order valence-corrected chi connectivity index (χ4v) is 1.06. The van der Waals surface area contributed by atoms with Gasteiger partial charge in [0.2, 0.25) is 5.91 Å². The Hall–Kier alpha value is -1.39. The van der Waals surface area contributed by atoms with E-state index in [1.807, 2.05) is 18.2 Å². The number of rotatable bonds is 3. The molecule has 1 unspecified atom stereocenters. The number of nitrogens with two attached hydrogens (primary N) is 1. The van der Waals surface area contributed by atoms with E-state index in [9.17, 15) is 9.90 Å². The summed E-state index contributed by atoms with van der Waals surface area (Å²) in [7, 11) is 0. The molecule has 0 aliphatic heterocycles. The molecule has 0 saturated heterocycles. The first-order valence-electron chi connectivity index (χ1n) is 4.75. The quantitative estimate of drug-likeness (QED) is 0.685. The summed E-state index contributed by atoms with van der Waals surface area (Å²) in [5.74, 6) is -0.395. The molecule has 82 valence electrons. The molecule has 0 spiro atoms. The summed E-state index contributed by atoms with van der Waals surface area (Å²) in [6, 6.07) is 8.05. The molecular weight excluding hydrogens is 192 g/mol. The number of amides is 1. The van der Waals surface area contributed by atoms with Crippen LogP contribution in [0.2, 0.25) is 0 Å². The molecule has 0 saturated carbocycles. The molecule has 0 radical (unpaired) electrons. The second kappa shape index (κ2) is 4.42. The van der Waals surface area contributed by atoms with Gasteiger partial charge in [-0.3, -0.25) is 4.79 Å². The molecule has 15 heavy (non-hydrogen) atoms. The lowest BCUT2D eigenvalue weighted by molar-refractivity contribution is -0.122. The molecule has 0 fully saturated rings. The minimum atomic E-state index is -1.22. The third-order valence-electron chi connectivity index (χ3n) is 2.08. The zero-order valence-electron chi connectivity index (χ0n) is 8.90. The first-order chi connectivity index (χ1) is 6.91. The van der Waals surface area contributed by atoms with E-state index in [0.717, 1.165) is 0 Å². The van der Waals surface area contributed by atoms with Crippen LogP contribution in [0.25, 0.3) is 0 Å². The van der Waals surface area contributed by atoms with Crippen molar-refractivity contribution in [3.05, 3.63) is 30.3 Å². The second-order valence-corrected chi connectivity index (χ2v) is 3.99. The molecule has 1 aromatic carbocycles. The summed E-state index contributed by atoms with van der Waals surface area (Å²) in [5.41, 5.74) is 5.03. The van der Waals surface area contributed by atoms with E-state index in [-0.39, 0.29) is 0 Å². The van der Waals surface area contributed by atoms with Gasteiger partial charge in [0, 0.05) is 5.69 Å².